The lowest BCUT2D eigenvalue weighted by atomic mass is 9.96. The first kappa shape index (κ1) is 20.3. The molecule has 1 fully saturated rings. The number of nitrogens with zero attached hydrogens (tertiary/aromatic N) is 4. The van der Waals surface area contributed by atoms with E-state index in [1.807, 2.05) is 4.68 Å². The molecule has 2 aromatic rings. The summed E-state index contributed by atoms with van der Waals surface area (Å²) in [5.41, 5.74) is 5.33. The number of aliphatic imine (C=N–C) groups is 1. The van der Waals surface area contributed by atoms with Gasteiger partial charge in [0.05, 0.1) is 11.2 Å². The van der Waals surface area contributed by atoms with Gasteiger partial charge in [-0.2, -0.15) is 5.10 Å². The summed E-state index contributed by atoms with van der Waals surface area (Å²) in [5, 5.41) is 6.10. The Kier molecular flexibility index (Phi) is 6.47. The summed E-state index contributed by atoms with van der Waals surface area (Å²) in [6.07, 6.45) is 3.92. The minimum absolute atomic E-state index is 0.296. The van der Waals surface area contributed by atoms with E-state index in [-0.39, 0.29) is 6.29 Å². The lowest BCUT2D eigenvalue weighted by molar-refractivity contribution is 0.122. The summed E-state index contributed by atoms with van der Waals surface area (Å²) in [6.45, 7) is 8.56. The zero-order chi connectivity index (χ0) is 20.2. The van der Waals surface area contributed by atoms with Crippen LogP contribution in [0.5, 0.6) is 0 Å². The fraction of sp³-hybridized carbons (Fsp3) is 0.636. The Morgan fingerprint density at radius 2 is 2.03 bits per heavy atom. The third-order valence-electron chi connectivity index (χ3n) is 5.80. The first-order chi connectivity index (χ1) is 14.2. The Balaban J connectivity index is 1.44. The van der Waals surface area contributed by atoms with Crippen molar-refractivity contribution in [2.45, 2.75) is 45.8 Å². The lowest BCUT2D eigenvalue weighted by Gasteiger charge is -2.30. The van der Waals surface area contributed by atoms with Crippen molar-refractivity contribution in [1.82, 2.24) is 20.2 Å². The molecule has 0 aliphatic carbocycles. The van der Waals surface area contributed by atoms with Crippen molar-refractivity contribution in [1.29, 1.82) is 0 Å². The van der Waals surface area contributed by atoms with E-state index in [2.05, 4.69) is 48.5 Å². The quantitative estimate of drug-likeness (QED) is 0.690. The van der Waals surface area contributed by atoms with E-state index < -0.39 is 0 Å². The Morgan fingerprint density at radius 1 is 1.24 bits per heavy atom. The molecule has 0 bridgehead atoms. The molecule has 2 aliphatic rings. The zero-order valence-electron chi connectivity index (χ0n) is 17.8. The second-order valence-electron chi connectivity index (χ2n) is 8.53. The molecule has 0 spiro atoms. The second-order valence-corrected chi connectivity index (χ2v) is 8.53. The van der Waals surface area contributed by atoms with Crippen molar-refractivity contribution in [2.24, 2.45) is 16.8 Å². The van der Waals surface area contributed by atoms with Crippen molar-refractivity contribution in [2.75, 3.05) is 33.4 Å². The number of methoxy groups -OCH3 is 1. The Hall–Kier alpha value is -1.96. The molecule has 0 amide bonds. The van der Waals surface area contributed by atoms with Gasteiger partial charge >= 0.3 is 0 Å². The van der Waals surface area contributed by atoms with E-state index in [1.54, 1.807) is 7.11 Å². The molecule has 1 saturated heterocycles. The highest BCUT2D eigenvalue weighted by Gasteiger charge is 2.31. The van der Waals surface area contributed by atoms with Crippen LogP contribution in [0.1, 0.15) is 45.1 Å². The first-order valence-corrected chi connectivity index (χ1v) is 10.8. The number of fused-ring (bicyclic) bond motifs is 1. The predicted octanol–water partition coefficient (Wildman–Crippen LogP) is 3.37. The highest BCUT2D eigenvalue weighted by Crippen LogP contribution is 2.28. The third kappa shape index (κ3) is 4.63. The Bertz CT molecular complexity index is 839. The highest BCUT2D eigenvalue weighted by molar-refractivity contribution is 5.83. The van der Waals surface area contributed by atoms with Crippen LogP contribution in [-0.2, 0) is 16.0 Å². The molecule has 7 nitrogen and oxygen atoms in total. The van der Waals surface area contributed by atoms with E-state index >= 15 is 0 Å². The van der Waals surface area contributed by atoms with Gasteiger partial charge < -0.3 is 14.5 Å². The molecule has 0 radical (unpaired) electrons. The fourth-order valence-electron chi connectivity index (χ4n) is 4.29. The monoisotopic (exact) mass is 399 g/mol. The molecular weight excluding hydrogens is 366 g/mol. The molecule has 0 saturated carbocycles. The minimum atomic E-state index is -0.296. The number of hydroxylamine groups is 1. The number of piperidine rings is 1. The van der Waals surface area contributed by atoms with Crippen molar-refractivity contribution in [3.63, 3.8) is 0 Å². The van der Waals surface area contributed by atoms with Crippen LogP contribution >= 0.6 is 0 Å². The summed E-state index contributed by atoms with van der Waals surface area (Å²) in [4.78, 5) is 13.2. The SMILES string of the molecule is COCCCN1CCC(C2=NC(n3nc(CC(C)C)c4ccccc43)NO2)CC1. The van der Waals surface area contributed by atoms with Gasteiger partial charge in [0, 0.05) is 31.6 Å². The van der Waals surface area contributed by atoms with Gasteiger partial charge in [0.2, 0.25) is 12.2 Å². The molecule has 29 heavy (non-hydrogen) atoms. The van der Waals surface area contributed by atoms with Crippen molar-refractivity contribution >= 4 is 16.8 Å². The summed E-state index contributed by atoms with van der Waals surface area (Å²) in [7, 11) is 1.76. The van der Waals surface area contributed by atoms with Gasteiger partial charge in [0.25, 0.3) is 0 Å². The van der Waals surface area contributed by atoms with Gasteiger partial charge in [-0.15, -0.1) is 5.48 Å². The van der Waals surface area contributed by atoms with Crippen molar-refractivity contribution in [3.8, 4) is 0 Å². The van der Waals surface area contributed by atoms with E-state index in [9.17, 15) is 0 Å². The smallest absolute Gasteiger partial charge is 0.229 e. The van der Waals surface area contributed by atoms with Gasteiger partial charge in [0.15, 0.2) is 0 Å². The molecule has 158 valence electrons. The number of para-hydroxylation sites is 1. The molecule has 1 aromatic carbocycles. The summed E-state index contributed by atoms with van der Waals surface area (Å²) in [5.74, 6) is 1.77. The van der Waals surface area contributed by atoms with Crippen LogP contribution in [0.15, 0.2) is 29.3 Å². The molecule has 1 aromatic heterocycles. The number of ether oxygens (including phenoxy) is 1. The topological polar surface area (TPSA) is 63.9 Å². The van der Waals surface area contributed by atoms with Gasteiger partial charge in [-0.05, 0) is 50.8 Å². The van der Waals surface area contributed by atoms with Gasteiger partial charge in [0.1, 0.15) is 0 Å². The van der Waals surface area contributed by atoms with Gasteiger partial charge in [-0.3, -0.25) is 0 Å². The van der Waals surface area contributed by atoms with Crippen molar-refractivity contribution in [3.05, 3.63) is 30.0 Å². The van der Waals surface area contributed by atoms with E-state index in [0.717, 1.165) is 69.0 Å². The fourth-order valence-corrected chi connectivity index (χ4v) is 4.29. The van der Waals surface area contributed by atoms with Crippen LogP contribution in [-0.4, -0.2) is 53.9 Å². The standard InChI is InChI=1S/C22H33N5O2/c1-16(2)15-19-18-7-4-5-8-20(18)27(24-19)22-23-21(29-25-22)17-9-12-26(13-10-17)11-6-14-28-3/h4-5,7-8,16-17,22,25H,6,9-15H2,1-3H3. The Morgan fingerprint density at radius 3 is 2.79 bits per heavy atom. The number of hydrogen-bond donors (Lipinski definition) is 1. The number of rotatable bonds is 8. The van der Waals surface area contributed by atoms with Crippen LogP contribution in [0.3, 0.4) is 0 Å². The Labute approximate surface area is 173 Å². The zero-order valence-corrected chi connectivity index (χ0v) is 17.8. The molecule has 4 rings (SSSR count). The van der Waals surface area contributed by atoms with Crippen LogP contribution in [0.25, 0.3) is 10.9 Å². The van der Waals surface area contributed by atoms with Crippen LogP contribution in [0.2, 0.25) is 0 Å². The van der Waals surface area contributed by atoms with Crippen LogP contribution in [0, 0.1) is 11.8 Å². The van der Waals surface area contributed by atoms with E-state index in [0.29, 0.717) is 11.8 Å². The molecule has 2 aliphatic heterocycles. The van der Waals surface area contributed by atoms with Crippen LogP contribution in [0.4, 0.5) is 0 Å². The molecule has 1 unspecified atom stereocenters. The molecule has 1 N–H and O–H groups in total. The number of likely N-dealkylation sites (tertiary alicyclic amines) is 1. The first-order valence-electron chi connectivity index (χ1n) is 10.8. The maximum Gasteiger partial charge on any atom is 0.229 e. The number of benzene rings is 1. The minimum Gasteiger partial charge on any atom is -0.389 e. The number of hydrogen-bond acceptors (Lipinski definition) is 6. The highest BCUT2D eigenvalue weighted by atomic mass is 16.7. The molecule has 3 heterocycles. The van der Waals surface area contributed by atoms with Crippen molar-refractivity contribution < 1.29 is 9.57 Å². The summed E-state index contributed by atoms with van der Waals surface area (Å²) < 4.78 is 7.13. The largest absolute Gasteiger partial charge is 0.389 e. The lowest BCUT2D eigenvalue weighted by Crippen LogP contribution is -2.37. The van der Waals surface area contributed by atoms with E-state index in [4.69, 9.17) is 19.7 Å². The third-order valence-corrected chi connectivity index (χ3v) is 5.80. The summed E-state index contributed by atoms with van der Waals surface area (Å²) >= 11 is 0. The molecular formula is C22H33N5O2. The second kappa shape index (κ2) is 9.24. The van der Waals surface area contributed by atoms with Crippen LogP contribution < -0.4 is 5.48 Å². The normalized spacial score (nSPS) is 21.1. The maximum absolute atomic E-state index is 5.83. The molecule has 1 atom stereocenters. The van der Waals surface area contributed by atoms with Gasteiger partial charge in [-0.25, -0.2) is 9.67 Å². The van der Waals surface area contributed by atoms with E-state index in [1.165, 1.54) is 5.39 Å². The number of nitrogens with one attached hydrogen (secondary N) is 1. The van der Waals surface area contributed by atoms with Gasteiger partial charge in [-0.1, -0.05) is 32.0 Å². The molecule has 7 heteroatoms. The average Bonchev–Trinajstić information content (AvgIpc) is 3.34. The average molecular weight is 400 g/mol. The maximum atomic E-state index is 5.83. The number of aromatic nitrogens is 2. The predicted molar refractivity (Wildman–Crippen MR) is 115 cm³/mol. The summed E-state index contributed by atoms with van der Waals surface area (Å²) in [6, 6.07) is 8.39.